The summed E-state index contributed by atoms with van der Waals surface area (Å²) in [5, 5.41) is 6.16. The number of alkyl carbamates (subject to hydrolysis) is 1. The van der Waals surface area contributed by atoms with Gasteiger partial charge in [0.05, 0.1) is 5.54 Å². The molecule has 1 fully saturated rings. The van der Waals surface area contributed by atoms with Crippen molar-refractivity contribution in [3.8, 4) is 0 Å². The molecule has 0 spiro atoms. The standard InChI is InChI=1S/C19H28F2N2O2/c1-12-9-16(21)14(10-15(12)20)13(2)22-11-19(7-6-8-19)23-17(24)25-18(3,4)5/h9-10,13,22H,6-8,11H2,1-5H3,(H,23,24). The summed E-state index contributed by atoms with van der Waals surface area (Å²) in [5.41, 5.74) is -0.375. The van der Waals surface area contributed by atoms with Gasteiger partial charge in [0.25, 0.3) is 0 Å². The van der Waals surface area contributed by atoms with Crippen LogP contribution in [0.1, 0.15) is 64.1 Å². The van der Waals surface area contributed by atoms with E-state index in [4.69, 9.17) is 4.74 Å². The molecule has 0 heterocycles. The lowest BCUT2D eigenvalue weighted by molar-refractivity contribution is 0.0379. The molecular formula is C19H28F2N2O2. The first-order valence-electron chi connectivity index (χ1n) is 8.71. The third-order valence-electron chi connectivity index (χ3n) is 4.57. The van der Waals surface area contributed by atoms with Crippen LogP contribution in [0.2, 0.25) is 0 Å². The Kier molecular flexibility index (Phi) is 5.72. The first kappa shape index (κ1) is 19.6. The highest BCUT2D eigenvalue weighted by atomic mass is 19.1. The lowest BCUT2D eigenvalue weighted by Crippen LogP contribution is -2.60. The summed E-state index contributed by atoms with van der Waals surface area (Å²) in [4.78, 5) is 12.0. The van der Waals surface area contributed by atoms with Crippen molar-refractivity contribution in [1.29, 1.82) is 0 Å². The van der Waals surface area contributed by atoms with E-state index in [1.807, 2.05) is 20.8 Å². The minimum atomic E-state index is -0.557. The van der Waals surface area contributed by atoms with Crippen LogP contribution in [0.25, 0.3) is 0 Å². The van der Waals surface area contributed by atoms with Crippen molar-refractivity contribution in [3.05, 3.63) is 34.9 Å². The second-order valence-electron chi connectivity index (χ2n) is 7.99. The largest absolute Gasteiger partial charge is 0.444 e. The van der Waals surface area contributed by atoms with E-state index in [1.54, 1.807) is 6.92 Å². The minimum absolute atomic E-state index is 0.287. The predicted molar refractivity (Wildman–Crippen MR) is 93.5 cm³/mol. The molecule has 1 aromatic rings. The Labute approximate surface area is 148 Å². The zero-order valence-electron chi connectivity index (χ0n) is 15.6. The van der Waals surface area contributed by atoms with Gasteiger partial charge in [0.2, 0.25) is 0 Å². The Morgan fingerprint density at radius 2 is 1.92 bits per heavy atom. The fraction of sp³-hybridized carbons (Fsp3) is 0.632. The van der Waals surface area contributed by atoms with E-state index in [0.29, 0.717) is 6.54 Å². The van der Waals surface area contributed by atoms with Crippen molar-refractivity contribution in [2.75, 3.05) is 6.54 Å². The van der Waals surface area contributed by atoms with Gasteiger partial charge in [0.1, 0.15) is 17.2 Å². The van der Waals surface area contributed by atoms with Crippen molar-refractivity contribution >= 4 is 6.09 Å². The van der Waals surface area contributed by atoms with E-state index in [9.17, 15) is 13.6 Å². The number of carbonyl (C=O) groups is 1. The average Bonchev–Trinajstić information content (AvgIpc) is 2.43. The molecule has 4 nitrogen and oxygen atoms in total. The first-order chi connectivity index (χ1) is 11.5. The van der Waals surface area contributed by atoms with Crippen LogP contribution in [-0.4, -0.2) is 23.8 Å². The van der Waals surface area contributed by atoms with Crippen molar-refractivity contribution in [3.63, 3.8) is 0 Å². The molecule has 1 aliphatic rings. The number of aryl methyl sites for hydroxylation is 1. The van der Waals surface area contributed by atoms with Gasteiger partial charge in [0, 0.05) is 18.2 Å². The van der Waals surface area contributed by atoms with E-state index in [0.717, 1.165) is 19.3 Å². The van der Waals surface area contributed by atoms with Gasteiger partial charge >= 0.3 is 6.09 Å². The summed E-state index contributed by atoms with van der Waals surface area (Å²) in [5.74, 6) is -0.850. The van der Waals surface area contributed by atoms with Gasteiger partial charge in [-0.3, -0.25) is 0 Å². The third-order valence-corrected chi connectivity index (χ3v) is 4.57. The van der Waals surface area contributed by atoms with E-state index in [-0.39, 0.29) is 17.2 Å². The number of hydrogen-bond donors (Lipinski definition) is 2. The summed E-state index contributed by atoms with van der Waals surface area (Å²) >= 11 is 0. The molecule has 1 unspecified atom stereocenters. The van der Waals surface area contributed by atoms with E-state index in [1.165, 1.54) is 19.1 Å². The maximum Gasteiger partial charge on any atom is 0.408 e. The lowest BCUT2D eigenvalue weighted by atomic mass is 9.76. The molecule has 0 aliphatic heterocycles. The normalized spacial score (nSPS) is 17.6. The van der Waals surface area contributed by atoms with Crippen LogP contribution in [0.5, 0.6) is 0 Å². The number of hydrogen-bond acceptors (Lipinski definition) is 3. The van der Waals surface area contributed by atoms with Gasteiger partial charge in [-0.05, 0) is 71.6 Å². The zero-order chi connectivity index (χ0) is 18.8. The fourth-order valence-electron chi connectivity index (χ4n) is 2.92. The molecule has 6 heteroatoms. The molecule has 25 heavy (non-hydrogen) atoms. The molecule has 1 saturated carbocycles. The number of amides is 1. The number of carbonyl (C=O) groups excluding carboxylic acids is 1. The Bertz CT molecular complexity index is 637. The molecule has 1 aliphatic carbocycles. The summed E-state index contributed by atoms with van der Waals surface area (Å²) in [6.45, 7) is 9.24. The van der Waals surface area contributed by atoms with Crippen molar-refractivity contribution in [2.24, 2.45) is 0 Å². The number of benzene rings is 1. The minimum Gasteiger partial charge on any atom is -0.444 e. The smallest absolute Gasteiger partial charge is 0.408 e. The summed E-state index contributed by atoms with van der Waals surface area (Å²) in [6, 6.07) is 2.07. The fourth-order valence-corrected chi connectivity index (χ4v) is 2.92. The van der Waals surface area contributed by atoms with Gasteiger partial charge in [-0.1, -0.05) is 0 Å². The molecule has 1 amide bonds. The van der Waals surface area contributed by atoms with Crippen LogP contribution < -0.4 is 10.6 Å². The van der Waals surface area contributed by atoms with E-state index in [2.05, 4.69) is 10.6 Å². The van der Waals surface area contributed by atoms with Crippen molar-refractivity contribution in [1.82, 2.24) is 10.6 Å². The molecule has 1 aromatic carbocycles. The van der Waals surface area contributed by atoms with Crippen molar-refractivity contribution in [2.45, 2.75) is 71.1 Å². The van der Waals surface area contributed by atoms with Crippen LogP contribution in [-0.2, 0) is 4.74 Å². The van der Waals surface area contributed by atoms with Crippen LogP contribution in [0.3, 0.4) is 0 Å². The summed E-state index contributed by atoms with van der Waals surface area (Å²) in [7, 11) is 0. The second-order valence-corrected chi connectivity index (χ2v) is 7.99. The third kappa shape index (κ3) is 5.14. The van der Waals surface area contributed by atoms with Crippen LogP contribution in [0.15, 0.2) is 12.1 Å². The van der Waals surface area contributed by atoms with E-state index >= 15 is 0 Å². The zero-order valence-corrected chi connectivity index (χ0v) is 15.6. The Morgan fingerprint density at radius 1 is 1.28 bits per heavy atom. The van der Waals surface area contributed by atoms with Gasteiger partial charge in [-0.2, -0.15) is 0 Å². The summed E-state index contributed by atoms with van der Waals surface area (Å²) < 4.78 is 33.1. The quantitative estimate of drug-likeness (QED) is 0.825. The number of ether oxygens (including phenoxy) is 1. The highest BCUT2D eigenvalue weighted by Crippen LogP contribution is 2.32. The summed E-state index contributed by atoms with van der Waals surface area (Å²) in [6.07, 6.45) is 2.22. The number of rotatable bonds is 5. The van der Waals surface area contributed by atoms with Gasteiger partial charge < -0.3 is 15.4 Å². The molecule has 2 N–H and O–H groups in total. The molecule has 1 atom stereocenters. The molecular weight excluding hydrogens is 326 g/mol. The second kappa shape index (κ2) is 7.28. The lowest BCUT2D eigenvalue weighted by Gasteiger charge is -2.43. The first-order valence-corrected chi connectivity index (χ1v) is 8.71. The highest BCUT2D eigenvalue weighted by molar-refractivity contribution is 5.69. The maximum atomic E-state index is 14.1. The number of halogens is 2. The van der Waals surface area contributed by atoms with Crippen LogP contribution in [0, 0.1) is 18.6 Å². The van der Waals surface area contributed by atoms with Gasteiger partial charge in [-0.25, -0.2) is 13.6 Å². The van der Waals surface area contributed by atoms with Gasteiger partial charge in [0.15, 0.2) is 0 Å². The topological polar surface area (TPSA) is 50.4 Å². The Hall–Kier alpha value is -1.69. The Balaban J connectivity index is 1.98. The SMILES string of the molecule is Cc1cc(F)c(C(C)NCC2(NC(=O)OC(C)(C)C)CCC2)cc1F. The predicted octanol–water partition coefficient (Wildman–Crippen LogP) is 4.37. The van der Waals surface area contributed by atoms with Crippen LogP contribution in [0.4, 0.5) is 13.6 Å². The molecule has 0 radical (unpaired) electrons. The highest BCUT2D eigenvalue weighted by Gasteiger charge is 2.39. The Morgan fingerprint density at radius 3 is 2.44 bits per heavy atom. The molecule has 140 valence electrons. The average molecular weight is 354 g/mol. The van der Waals surface area contributed by atoms with Crippen molar-refractivity contribution < 1.29 is 18.3 Å². The molecule has 0 saturated heterocycles. The molecule has 0 bridgehead atoms. The van der Waals surface area contributed by atoms with Gasteiger partial charge in [-0.15, -0.1) is 0 Å². The molecule has 2 rings (SSSR count). The van der Waals surface area contributed by atoms with E-state index < -0.39 is 28.9 Å². The van der Waals surface area contributed by atoms with Crippen LogP contribution >= 0.6 is 0 Å². The molecule has 0 aromatic heterocycles. The maximum absolute atomic E-state index is 14.1. The number of nitrogens with one attached hydrogen (secondary N) is 2. The monoisotopic (exact) mass is 354 g/mol.